The summed E-state index contributed by atoms with van der Waals surface area (Å²) in [7, 11) is -1.76. The molecule has 0 spiro atoms. The number of nitrogens with zero attached hydrogens (tertiary/aromatic N) is 2. The number of likely N-dealkylation sites (N-methyl/N-ethyl adjacent to an activating group) is 1. The van der Waals surface area contributed by atoms with Crippen LogP contribution in [0.2, 0.25) is 5.02 Å². The number of carbonyl (C=O) groups is 1. The normalized spacial score (nSPS) is 18.1. The molecule has 1 aliphatic heterocycles. The summed E-state index contributed by atoms with van der Waals surface area (Å²) < 4.78 is 27.2. The molecule has 140 valence electrons. The summed E-state index contributed by atoms with van der Waals surface area (Å²) in [5, 5.41) is 3.02. The summed E-state index contributed by atoms with van der Waals surface area (Å²) in [5.41, 5.74) is 0.306. The molecule has 1 aromatic rings. The van der Waals surface area contributed by atoms with Crippen LogP contribution in [-0.4, -0.2) is 62.8 Å². The van der Waals surface area contributed by atoms with E-state index in [0.29, 0.717) is 31.7 Å². The van der Waals surface area contributed by atoms with Crippen LogP contribution in [0.1, 0.15) is 37.0 Å². The molecular formula is C17H26ClN3O3S. The molecule has 1 atom stereocenters. The maximum absolute atomic E-state index is 12.9. The second-order valence-electron chi connectivity index (χ2n) is 6.52. The van der Waals surface area contributed by atoms with Gasteiger partial charge in [0, 0.05) is 37.8 Å². The SMILES string of the molecule is CCCC(C)NC(=O)c1ccc(Cl)c(S(=O)(=O)N2CCN(C)CC2)c1. The molecule has 8 heteroatoms. The Labute approximate surface area is 155 Å². The highest BCUT2D eigenvalue weighted by Gasteiger charge is 2.30. The summed E-state index contributed by atoms with van der Waals surface area (Å²) >= 11 is 6.14. The van der Waals surface area contributed by atoms with Crippen LogP contribution in [-0.2, 0) is 10.0 Å². The first kappa shape index (κ1) is 20.2. The number of halogens is 1. The van der Waals surface area contributed by atoms with E-state index in [1.54, 1.807) is 6.07 Å². The van der Waals surface area contributed by atoms with E-state index in [2.05, 4.69) is 10.2 Å². The van der Waals surface area contributed by atoms with Gasteiger partial charge in [0.15, 0.2) is 0 Å². The van der Waals surface area contributed by atoms with Crippen molar-refractivity contribution in [3.8, 4) is 0 Å². The van der Waals surface area contributed by atoms with Gasteiger partial charge in [0.1, 0.15) is 4.90 Å². The highest BCUT2D eigenvalue weighted by atomic mass is 35.5. The van der Waals surface area contributed by atoms with Crippen molar-refractivity contribution in [3.05, 3.63) is 28.8 Å². The first-order chi connectivity index (χ1) is 11.8. The van der Waals surface area contributed by atoms with Crippen LogP contribution in [0.4, 0.5) is 0 Å². The van der Waals surface area contributed by atoms with Crippen LogP contribution >= 0.6 is 11.6 Å². The van der Waals surface area contributed by atoms with Gasteiger partial charge in [0.05, 0.1) is 5.02 Å². The average Bonchev–Trinajstić information content (AvgIpc) is 2.55. The summed E-state index contributed by atoms with van der Waals surface area (Å²) in [6.07, 6.45) is 1.83. The number of amides is 1. The average molecular weight is 388 g/mol. The zero-order valence-corrected chi connectivity index (χ0v) is 16.5. The van der Waals surface area contributed by atoms with Gasteiger partial charge in [-0.3, -0.25) is 4.79 Å². The van der Waals surface area contributed by atoms with E-state index >= 15 is 0 Å². The number of benzene rings is 1. The summed E-state index contributed by atoms with van der Waals surface area (Å²) in [4.78, 5) is 14.4. The summed E-state index contributed by atoms with van der Waals surface area (Å²) in [5.74, 6) is -0.285. The topological polar surface area (TPSA) is 69.7 Å². The van der Waals surface area contributed by atoms with Gasteiger partial charge in [-0.1, -0.05) is 24.9 Å². The Morgan fingerprint density at radius 3 is 2.52 bits per heavy atom. The van der Waals surface area contributed by atoms with Crippen LogP contribution in [0.3, 0.4) is 0 Å². The number of piperazine rings is 1. The van der Waals surface area contributed by atoms with E-state index in [1.807, 2.05) is 20.9 Å². The molecule has 1 aromatic carbocycles. The smallest absolute Gasteiger partial charge is 0.251 e. The third kappa shape index (κ3) is 4.94. The first-order valence-corrected chi connectivity index (χ1v) is 10.4. The molecule has 0 saturated carbocycles. The standard InChI is InChI=1S/C17H26ClN3O3S/c1-4-5-13(2)19-17(22)14-6-7-15(18)16(12-14)25(23,24)21-10-8-20(3)9-11-21/h6-7,12-13H,4-5,8-11H2,1-3H3,(H,19,22). The van der Waals surface area contributed by atoms with Gasteiger partial charge in [0.2, 0.25) is 10.0 Å². The van der Waals surface area contributed by atoms with Crippen molar-refractivity contribution in [3.63, 3.8) is 0 Å². The molecule has 1 fully saturated rings. The van der Waals surface area contributed by atoms with Crippen LogP contribution in [0.25, 0.3) is 0 Å². The minimum absolute atomic E-state index is 0.00508. The van der Waals surface area contributed by atoms with Gasteiger partial charge in [-0.25, -0.2) is 8.42 Å². The lowest BCUT2D eigenvalue weighted by Crippen LogP contribution is -2.47. The third-order valence-corrected chi connectivity index (χ3v) is 6.75. The number of rotatable bonds is 6. The predicted molar refractivity (Wildman–Crippen MR) is 99.5 cm³/mol. The Morgan fingerprint density at radius 1 is 1.28 bits per heavy atom. The molecule has 0 aromatic heterocycles. The van der Waals surface area contributed by atoms with E-state index < -0.39 is 10.0 Å². The highest BCUT2D eigenvalue weighted by Crippen LogP contribution is 2.26. The van der Waals surface area contributed by atoms with Gasteiger partial charge in [-0.2, -0.15) is 4.31 Å². The van der Waals surface area contributed by atoms with Crippen LogP contribution in [0.15, 0.2) is 23.1 Å². The third-order valence-electron chi connectivity index (χ3n) is 4.37. The Morgan fingerprint density at radius 2 is 1.92 bits per heavy atom. The van der Waals surface area contributed by atoms with Crippen LogP contribution in [0, 0.1) is 0 Å². The molecule has 0 radical (unpaired) electrons. The van der Waals surface area contributed by atoms with E-state index in [1.165, 1.54) is 16.4 Å². The largest absolute Gasteiger partial charge is 0.350 e. The molecule has 0 aliphatic carbocycles. The van der Waals surface area contributed by atoms with Crippen molar-refractivity contribution in [1.29, 1.82) is 0 Å². The van der Waals surface area contributed by atoms with Crippen molar-refractivity contribution < 1.29 is 13.2 Å². The number of nitrogens with one attached hydrogen (secondary N) is 1. The maximum Gasteiger partial charge on any atom is 0.251 e. The lowest BCUT2D eigenvalue weighted by atomic mass is 10.1. The predicted octanol–water partition coefficient (Wildman–Crippen LogP) is 2.19. The van der Waals surface area contributed by atoms with E-state index in [0.717, 1.165) is 12.8 Å². The van der Waals surface area contributed by atoms with Crippen molar-refractivity contribution in [2.45, 2.75) is 37.6 Å². The number of sulfonamides is 1. The molecule has 1 aliphatic rings. The minimum Gasteiger partial charge on any atom is -0.350 e. The van der Waals surface area contributed by atoms with Crippen LogP contribution in [0.5, 0.6) is 0 Å². The maximum atomic E-state index is 12.9. The minimum atomic E-state index is -3.72. The van der Waals surface area contributed by atoms with Crippen molar-refractivity contribution >= 4 is 27.5 Å². The van der Waals surface area contributed by atoms with E-state index in [-0.39, 0.29) is 21.9 Å². The Kier molecular flexibility index (Phi) is 6.85. The zero-order chi connectivity index (χ0) is 18.6. The molecule has 1 unspecified atom stereocenters. The second kappa shape index (κ2) is 8.49. The second-order valence-corrected chi connectivity index (χ2v) is 8.83. The zero-order valence-electron chi connectivity index (χ0n) is 15.0. The summed E-state index contributed by atoms with van der Waals surface area (Å²) in [6.45, 7) is 6.15. The fourth-order valence-corrected chi connectivity index (χ4v) is 4.74. The fraction of sp³-hybridized carbons (Fsp3) is 0.588. The Hall–Kier alpha value is -1.15. The van der Waals surface area contributed by atoms with Crippen LogP contribution < -0.4 is 5.32 Å². The van der Waals surface area contributed by atoms with Gasteiger partial charge in [-0.15, -0.1) is 0 Å². The monoisotopic (exact) mass is 387 g/mol. The number of hydrogen-bond donors (Lipinski definition) is 1. The van der Waals surface area contributed by atoms with Gasteiger partial charge < -0.3 is 10.2 Å². The number of hydrogen-bond acceptors (Lipinski definition) is 4. The Balaban J connectivity index is 2.25. The lowest BCUT2D eigenvalue weighted by molar-refractivity contribution is 0.0938. The molecule has 1 N–H and O–H groups in total. The molecule has 1 heterocycles. The molecule has 2 rings (SSSR count). The Bertz CT molecular complexity index is 716. The fourth-order valence-electron chi connectivity index (χ4n) is 2.82. The van der Waals surface area contributed by atoms with Crippen molar-refractivity contribution in [2.75, 3.05) is 33.2 Å². The van der Waals surface area contributed by atoms with Gasteiger partial charge in [0.25, 0.3) is 5.91 Å². The number of carbonyl (C=O) groups excluding carboxylic acids is 1. The lowest BCUT2D eigenvalue weighted by Gasteiger charge is -2.31. The van der Waals surface area contributed by atoms with Crippen molar-refractivity contribution in [1.82, 2.24) is 14.5 Å². The van der Waals surface area contributed by atoms with E-state index in [9.17, 15) is 13.2 Å². The molecule has 0 bridgehead atoms. The quantitative estimate of drug-likeness (QED) is 0.812. The molecular weight excluding hydrogens is 362 g/mol. The molecule has 1 saturated heterocycles. The first-order valence-electron chi connectivity index (χ1n) is 8.54. The van der Waals surface area contributed by atoms with E-state index in [4.69, 9.17) is 11.6 Å². The molecule has 6 nitrogen and oxygen atoms in total. The van der Waals surface area contributed by atoms with Gasteiger partial charge in [-0.05, 0) is 38.6 Å². The highest BCUT2D eigenvalue weighted by molar-refractivity contribution is 7.89. The molecule has 25 heavy (non-hydrogen) atoms. The molecule has 1 amide bonds. The summed E-state index contributed by atoms with van der Waals surface area (Å²) in [6, 6.07) is 4.44. The van der Waals surface area contributed by atoms with Crippen molar-refractivity contribution in [2.24, 2.45) is 0 Å². The van der Waals surface area contributed by atoms with Gasteiger partial charge >= 0.3 is 0 Å².